The summed E-state index contributed by atoms with van der Waals surface area (Å²) in [7, 11) is 0. The van der Waals surface area contributed by atoms with Gasteiger partial charge in [-0.1, -0.05) is 44.9 Å². The second kappa shape index (κ2) is 6.47. The van der Waals surface area contributed by atoms with E-state index in [-0.39, 0.29) is 0 Å². The highest BCUT2D eigenvalue weighted by molar-refractivity contribution is 5.40. The van der Waals surface area contributed by atoms with Crippen LogP contribution in [0.2, 0.25) is 0 Å². The van der Waals surface area contributed by atoms with E-state index in [2.05, 4.69) is 31.3 Å². The molecule has 77 valence electrons. The van der Waals surface area contributed by atoms with Gasteiger partial charge in [0, 0.05) is 18.3 Å². The number of rotatable bonds is 6. The van der Waals surface area contributed by atoms with Crippen LogP contribution in [0.3, 0.4) is 0 Å². The van der Waals surface area contributed by atoms with E-state index < -0.39 is 0 Å². The van der Waals surface area contributed by atoms with Crippen LogP contribution in [0.25, 0.3) is 0 Å². The molecule has 0 amide bonds. The van der Waals surface area contributed by atoms with Crippen LogP contribution in [-0.2, 0) is 0 Å². The van der Waals surface area contributed by atoms with E-state index in [1.165, 1.54) is 19.3 Å². The molecule has 0 atom stereocenters. The maximum Gasteiger partial charge on any atom is 0.0420 e. The van der Waals surface area contributed by atoms with E-state index in [0.717, 1.165) is 18.2 Å². The molecule has 0 heterocycles. The van der Waals surface area contributed by atoms with Crippen molar-refractivity contribution >= 4 is 5.69 Å². The summed E-state index contributed by atoms with van der Waals surface area (Å²) in [5.74, 6) is 0.832. The van der Waals surface area contributed by atoms with Crippen molar-refractivity contribution in [3.8, 4) is 0 Å². The Bertz CT molecular complexity index is 228. The molecule has 1 radical (unpaired) electrons. The SMILES string of the molecule is CC(C)CCCCNc1[c]cccc1. The van der Waals surface area contributed by atoms with Crippen LogP contribution in [-0.4, -0.2) is 6.54 Å². The van der Waals surface area contributed by atoms with Gasteiger partial charge in [0.1, 0.15) is 0 Å². The zero-order valence-electron chi connectivity index (χ0n) is 9.22. The van der Waals surface area contributed by atoms with Crippen LogP contribution in [0.4, 0.5) is 5.69 Å². The summed E-state index contributed by atoms with van der Waals surface area (Å²) in [4.78, 5) is 0. The van der Waals surface area contributed by atoms with Crippen molar-refractivity contribution in [2.45, 2.75) is 33.1 Å². The zero-order chi connectivity index (χ0) is 10.2. The van der Waals surface area contributed by atoms with E-state index in [1.54, 1.807) is 0 Å². The van der Waals surface area contributed by atoms with Gasteiger partial charge in [0.15, 0.2) is 0 Å². The molecule has 1 rings (SSSR count). The normalized spacial score (nSPS) is 10.5. The van der Waals surface area contributed by atoms with Crippen LogP contribution in [0.5, 0.6) is 0 Å². The van der Waals surface area contributed by atoms with Gasteiger partial charge >= 0.3 is 0 Å². The van der Waals surface area contributed by atoms with Crippen molar-refractivity contribution in [1.82, 2.24) is 0 Å². The molecule has 0 fully saturated rings. The fourth-order valence-electron chi connectivity index (χ4n) is 1.40. The van der Waals surface area contributed by atoms with Crippen LogP contribution in [0.15, 0.2) is 24.3 Å². The van der Waals surface area contributed by atoms with Crippen molar-refractivity contribution in [2.24, 2.45) is 5.92 Å². The van der Waals surface area contributed by atoms with E-state index >= 15 is 0 Å². The molecule has 0 aliphatic rings. The zero-order valence-corrected chi connectivity index (χ0v) is 9.22. The largest absolute Gasteiger partial charge is 0.385 e. The Morgan fingerprint density at radius 3 is 2.79 bits per heavy atom. The molecule has 0 aliphatic carbocycles. The third-order valence-corrected chi connectivity index (χ3v) is 2.23. The van der Waals surface area contributed by atoms with Gasteiger partial charge in [-0.15, -0.1) is 0 Å². The molecule has 1 N–H and O–H groups in total. The van der Waals surface area contributed by atoms with Gasteiger partial charge in [-0.3, -0.25) is 0 Å². The number of unbranched alkanes of at least 4 members (excludes halogenated alkanes) is 1. The minimum atomic E-state index is 0.832. The van der Waals surface area contributed by atoms with Crippen molar-refractivity contribution in [3.05, 3.63) is 30.3 Å². The smallest absolute Gasteiger partial charge is 0.0420 e. The predicted octanol–water partition coefficient (Wildman–Crippen LogP) is 3.72. The summed E-state index contributed by atoms with van der Waals surface area (Å²) < 4.78 is 0. The summed E-state index contributed by atoms with van der Waals surface area (Å²) in [6.45, 7) is 5.62. The van der Waals surface area contributed by atoms with Gasteiger partial charge in [0.2, 0.25) is 0 Å². The van der Waals surface area contributed by atoms with Crippen molar-refractivity contribution in [1.29, 1.82) is 0 Å². The van der Waals surface area contributed by atoms with Gasteiger partial charge in [0.25, 0.3) is 0 Å². The average molecular weight is 190 g/mol. The number of benzene rings is 1. The molecule has 0 aromatic heterocycles. The van der Waals surface area contributed by atoms with Gasteiger partial charge in [-0.2, -0.15) is 0 Å². The lowest BCUT2D eigenvalue weighted by atomic mass is 10.1. The number of nitrogens with one attached hydrogen (secondary N) is 1. The lowest BCUT2D eigenvalue weighted by Gasteiger charge is -2.06. The molecule has 0 saturated carbocycles. The van der Waals surface area contributed by atoms with Gasteiger partial charge in [-0.25, -0.2) is 0 Å². The molecule has 1 aromatic rings. The summed E-state index contributed by atoms with van der Waals surface area (Å²) >= 11 is 0. The Balaban J connectivity index is 2.05. The monoisotopic (exact) mass is 190 g/mol. The highest BCUT2D eigenvalue weighted by Gasteiger charge is 1.94. The third kappa shape index (κ3) is 4.90. The molecular formula is C13H20N. The molecule has 0 spiro atoms. The molecule has 14 heavy (non-hydrogen) atoms. The quantitative estimate of drug-likeness (QED) is 0.674. The summed E-state index contributed by atoms with van der Waals surface area (Å²) in [5.41, 5.74) is 1.11. The summed E-state index contributed by atoms with van der Waals surface area (Å²) in [6.07, 6.45) is 3.90. The lowest BCUT2D eigenvalue weighted by molar-refractivity contribution is 0.545. The second-order valence-electron chi connectivity index (χ2n) is 4.09. The first-order valence-electron chi connectivity index (χ1n) is 5.49. The van der Waals surface area contributed by atoms with E-state index in [4.69, 9.17) is 0 Å². The second-order valence-corrected chi connectivity index (χ2v) is 4.09. The molecule has 0 unspecified atom stereocenters. The number of hydrogen-bond donors (Lipinski definition) is 1. The molecule has 0 bridgehead atoms. The molecule has 1 nitrogen and oxygen atoms in total. The van der Waals surface area contributed by atoms with E-state index in [1.807, 2.05) is 18.2 Å². The Morgan fingerprint density at radius 1 is 1.29 bits per heavy atom. The van der Waals surface area contributed by atoms with Crippen molar-refractivity contribution < 1.29 is 0 Å². The van der Waals surface area contributed by atoms with Crippen LogP contribution in [0, 0.1) is 12.0 Å². The molecular weight excluding hydrogens is 170 g/mol. The fourth-order valence-corrected chi connectivity index (χ4v) is 1.40. The molecule has 0 saturated heterocycles. The van der Waals surface area contributed by atoms with Gasteiger partial charge in [0.05, 0.1) is 0 Å². The van der Waals surface area contributed by atoms with E-state index in [9.17, 15) is 0 Å². The lowest BCUT2D eigenvalue weighted by Crippen LogP contribution is -2.01. The van der Waals surface area contributed by atoms with Gasteiger partial charge in [-0.05, 0) is 18.4 Å². The standard InChI is InChI=1S/C13H20N/c1-12(2)8-6-7-11-14-13-9-4-3-5-10-13/h3-5,9,12,14H,6-8,11H2,1-2H3. The predicted molar refractivity (Wildman–Crippen MR) is 62.5 cm³/mol. The minimum Gasteiger partial charge on any atom is -0.385 e. The highest BCUT2D eigenvalue weighted by Crippen LogP contribution is 2.08. The first-order valence-corrected chi connectivity index (χ1v) is 5.49. The van der Waals surface area contributed by atoms with E-state index in [0.29, 0.717) is 0 Å². The first-order chi connectivity index (χ1) is 6.79. The maximum atomic E-state index is 3.36. The summed E-state index contributed by atoms with van der Waals surface area (Å²) in [5, 5.41) is 3.36. The molecule has 0 aliphatic heterocycles. The average Bonchev–Trinajstić information content (AvgIpc) is 2.18. The number of anilines is 1. The number of para-hydroxylation sites is 1. The maximum absolute atomic E-state index is 3.36. The highest BCUT2D eigenvalue weighted by atomic mass is 14.9. The van der Waals surface area contributed by atoms with Crippen LogP contribution in [0.1, 0.15) is 33.1 Å². The Labute approximate surface area is 87.5 Å². The Hall–Kier alpha value is -0.980. The molecule has 1 aromatic carbocycles. The first kappa shape index (κ1) is 11.1. The van der Waals surface area contributed by atoms with Crippen LogP contribution < -0.4 is 5.32 Å². The summed E-state index contributed by atoms with van der Waals surface area (Å²) in [6, 6.07) is 11.2. The van der Waals surface area contributed by atoms with Crippen molar-refractivity contribution in [2.75, 3.05) is 11.9 Å². The topological polar surface area (TPSA) is 12.0 Å². The Morgan fingerprint density at radius 2 is 2.14 bits per heavy atom. The van der Waals surface area contributed by atoms with Gasteiger partial charge < -0.3 is 5.32 Å². The fraction of sp³-hybridized carbons (Fsp3) is 0.538. The van der Waals surface area contributed by atoms with Crippen molar-refractivity contribution in [3.63, 3.8) is 0 Å². The third-order valence-electron chi connectivity index (χ3n) is 2.23. The van der Waals surface area contributed by atoms with Crippen LogP contribution >= 0.6 is 0 Å². The molecule has 1 heteroatoms. The number of hydrogen-bond acceptors (Lipinski definition) is 1. The Kier molecular flexibility index (Phi) is 5.13. The minimum absolute atomic E-state index is 0.832.